The fraction of sp³-hybridized carbons (Fsp3) is 0.188. The summed E-state index contributed by atoms with van der Waals surface area (Å²) >= 11 is 0. The number of pyridine rings is 1. The van der Waals surface area contributed by atoms with Crippen molar-refractivity contribution in [2.75, 3.05) is 25.5 Å². The van der Waals surface area contributed by atoms with E-state index in [2.05, 4.69) is 10.6 Å². The molecule has 0 atom stereocenters. The number of aromatic nitrogens is 1. The molecule has 1 fully saturated rings. The van der Waals surface area contributed by atoms with Gasteiger partial charge in [0.1, 0.15) is 22.9 Å². The number of benzene rings is 2. The van der Waals surface area contributed by atoms with Crippen molar-refractivity contribution < 1.29 is 23.1 Å². The van der Waals surface area contributed by atoms with E-state index in [4.69, 9.17) is 10.1 Å². The highest BCUT2D eigenvalue weighted by Crippen LogP contribution is 2.25. The molecule has 9 nitrogen and oxygen atoms in total. The van der Waals surface area contributed by atoms with Gasteiger partial charge in [-0.05, 0) is 67.6 Å². The maximum Gasteiger partial charge on any atom is 0.268 e. The summed E-state index contributed by atoms with van der Waals surface area (Å²) in [7, 11) is 1.73. The number of hydrogen-bond acceptors (Lipinski definition) is 7. The first-order valence-corrected chi connectivity index (χ1v) is 13.5. The molecule has 1 aromatic heterocycles. The van der Waals surface area contributed by atoms with Gasteiger partial charge in [-0.25, -0.2) is 8.78 Å². The van der Waals surface area contributed by atoms with Crippen molar-refractivity contribution in [3.8, 4) is 11.4 Å². The molecule has 11 heteroatoms. The van der Waals surface area contributed by atoms with E-state index in [0.29, 0.717) is 43.0 Å². The molecule has 3 aromatic rings. The Morgan fingerprint density at radius 3 is 2.40 bits per heavy atom. The molecular weight excluding hydrogens is 556 g/mol. The molecule has 0 radical (unpaired) electrons. The minimum absolute atomic E-state index is 0.0949. The number of piperidine rings is 1. The summed E-state index contributed by atoms with van der Waals surface area (Å²) in [5.41, 5.74) is 0.962. The number of Topliss-reactive ketones (excluding diaryl/α,β-unsaturated/α-hetero) is 1. The summed E-state index contributed by atoms with van der Waals surface area (Å²) in [6, 6.07) is 12.1. The van der Waals surface area contributed by atoms with Crippen molar-refractivity contribution in [3.63, 3.8) is 0 Å². The Hall–Kier alpha value is -5.32. The molecule has 0 bridgehead atoms. The quantitative estimate of drug-likeness (QED) is 0.177. The van der Waals surface area contributed by atoms with Crippen molar-refractivity contribution in [3.05, 3.63) is 124 Å². The Kier molecular flexibility index (Phi) is 10.00. The largest absolute Gasteiger partial charge is 0.454 e. The molecule has 1 aliphatic rings. The predicted molar refractivity (Wildman–Crippen MR) is 161 cm³/mol. The van der Waals surface area contributed by atoms with E-state index in [9.17, 15) is 18.8 Å². The van der Waals surface area contributed by atoms with Gasteiger partial charge in [0.2, 0.25) is 0 Å². The predicted octanol–water partition coefficient (Wildman–Crippen LogP) is 4.87. The van der Waals surface area contributed by atoms with Crippen LogP contribution in [0, 0.1) is 24.0 Å². The van der Waals surface area contributed by atoms with E-state index < -0.39 is 23.1 Å². The van der Waals surface area contributed by atoms with Gasteiger partial charge in [0, 0.05) is 74.6 Å². The summed E-state index contributed by atoms with van der Waals surface area (Å²) in [6.45, 7) is 2.75. The molecule has 0 spiro atoms. The number of ketones is 1. The Labute approximate surface area is 247 Å². The van der Waals surface area contributed by atoms with Crippen LogP contribution in [-0.4, -0.2) is 47.5 Å². The maximum absolute atomic E-state index is 15.2. The van der Waals surface area contributed by atoms with Gasteiger partial charge in [0.15, 0.2) is 11.6 Å². The molecule has 4 rings (SSSR count). The number of nitrogens with one attached hydrogen (secondary N) is 3. The Morgan fingerprint density at radius 1 is 1.02 bits per heavy atom. The topological polar surface area (TPSA) is 117 Å². The molecule has 43 heavy (non-hydrogen) atoms. The smallest absolute Gasteiger partial charge is 0.268 e. The van der Waals surface area contributed by atoms with E-state index in [-0.39, 0.29) is 28.5 Å². The summed E-state index contributed by atoms with van der Waals surface area (Å²) in [5.74, 6) is -1.68. The lowest BCUT2D eigenvalue weighted by molar-refractivity contribution is -0.121. The number of nitrogens with zero attached hydrogens (tertiary/aromatic N) is 2. The molecule has 3 N–H and O–H groups in total. The van der Waals surface area contributed by atoms with Crippen molar-refractivity contribution in [2.24, 2.45) is 0 Å². The lowest BCUT2D eigenvalue weighted by atomic mass is 10.1. The monoisotopic (exact) mass is 587 g/mol. The highest BCUT2D eigenvalue weighted by molar-refractivity contribution is 6.04. The number of likely N-dealkylation sites (tertiary alicyclic amines) is 1. The second-order valence-electron chi connectivity index (χ2n) is 9.66. The standard InChI is InChI=1S/C32H31F2N5O4/c1-21-5-11-28(32(42)39(21)24-9-6-22(33)7-10-24)31(41)37-23-8-12-30(29(34)18-23)43-27(4-3-15-35)19-25(20-36-2)38-16-13-26(40)14-17-38/h3-12,15,18-20,35-36H,13-14,16-17H2,1-2H3,(H,37,41)/b4-3+,25-20+,27-19+,35-15?. The van der Waals surface area contributed by atoms with Crippen LogP contribution < -0.4 is 20.9 Å². The second-order valence-corrected chi connectivity index (χ2v) is 9.66. The maximum atomic E-state index is 15.2. The van der Waals surface area contributed by atoms with Crippen LogP contribution in [0.5, 0.6) is 5.75 Å². The van der Waals surface area contributed by atoms with Gasteiger partial charge >= 0.3 is 0 Å². The van der Waals surface area contributed by atoms with Crippen LogP contribution in [-0.2, 0) is 4.79 Å². The SMILES string of the molecule is CN\C=C(/C=C(\C=C\C=N)Oc1ccc(NC(=O)c2ccc(C)n(-c3ccc(F)cc3)c2=O)cc1F)N1CCC(=O)CC1. The first-order chi connectivity index (χ1) is 20.7. The van der Waals surface area contributed by atoms with Crippen LogP contribution in [0.15, 0.2) is 95.3 Å². The molecule has 222 valence electrons. The normalized spacial score (nSPS) is 14.1. The molecule has 1 aliphatic heterocycles. The van der Waals surface area contributed by atoms with Crippen LogP contribution in [0.4, 0.5) is 14.5 Å². The molecule has 0 unspecified atom stereocenters. The first-order valence-electron chi connectivity index (χ1n) is 13.5. The third-order valence-electron chi connectivity index (χ3n) is 6.65. The highest BCUT2D eigenvalue weighted by atomic mass is 19.1. The van der Waals surface area contributed by atoms with Crippen LogP contribution in [0.1, 0.15) is 28.9 Å². The van der Waals surface area contributed by atoms with Crippen molar-refractivity contribution in [1.29, 1.82) is 5.41 Å². The number of carbonyl (C=O) groups excluding carboxylic acids is 2. The van der Waals surface area contributed by atoms with E-state index in [1.54, 1.807) is 32.3 Å². The summed E-state index contributed by atoms with van der Waals surface area (Å²) < 4.78 is 35.7. The van der Waals surface area contributed by atoms with Gasteiger partial charge < -0.3 is 25.7 Å². The lowest BCUT2D eigenvalue weighted by Gasteiger charge is -2.29. The third-order valence-corrected chi connectivity index (χ3v) is 6.65. The zero-order valence-corrected chi connectivity index (χ0v) is 23.7. The molecule has 1 saturated heterocycles. The van der Waals surface area contributed by atoms with E-state index in [1.807, 2.05) is 4.90 Å². The number of rotatable bonds is 10. The Morgan fingerprint density at radius 2 is 1.74 bits per heavy atom. The summed E-state index contributed by atoms with van der Waals surface area (Å²) in [4.78, 5) is 39.9. The number of halogens is 2. The van der Waals surface area contributed by atoms with Crippen molar-refractivity contribution in [1.82, 2.24) is 14.8 Å². The Bertz CT molecular complexity index is 1670. The van der Waals surface area contributed by atoms with Gasteiger partial charge in [0.25, 0.3) is 11.5 Å². The van der Waals surface area contributed by atoms with Crippen molar-refractivity contribution in [2.45, 2.75) is 19.8 Å². The zero-order chi connectivity index (χ0) is 30.9. The average molecular weight is 588 g/mol. The molecule has 2 aromatic carbocycles. The van der Waals surface area contributed by atoms with Crippen LogP contribution in [0.25, 0.3) is 5.69 Å². The molecule has 0 aliphatic carbocycles. The van der Waals surface area contributed by atoms with Crippen molar-refractivity contribution >= 4 is 23.6 Å². The molecule has 1 amide bonds. The number of hydrogen-bond donors (Lipinski definition) is 3. The summed E-state index contributed by atoms with van der Waals surface area (Å²) in [6.07, 6.45) is 8.24. The van der Waals surface area contributed by atoms with Crippen LogP contribution in [0.3, 0.4) is 0 Å². The van der Waals surface area contributed by atoms with E-state index in [1.165, 1.54) is 59.2 Å². The minimum Gasteiger partial charge on any atom is -0.454 e. The lowest BCUT2D eigenvalue weighted by Crippen LogP contribution is -2.33. The average Bonchev–Trinajstić information content (AvgIpc) is 2.98. The fourth-order valence-electron chi connectivity index (χ4n) is 4.49. The zero-order valence-electron chi connectivity index (χ0n) is 23.7. The highest BCUT2D eigenvalue weighted by Gasteiger charge is 2.19. The molecule has 2 heterocycles. The third kappa shape index (κ3) is 7.70. The number of carbonyl (C=O) groups is 2. The van der Waals surface area contributed by atoms with Gasteiger partial charge in [-0.1, -0.05) is 0 Å². The number of aryl methyl sites for hydroxylation is 1. The Balaban J connectivity index is 1.55. The van der Waals surface area contributed by atoms with Crippen LogP contribution >= 0.6 is 0 Å². The molecular formula is C32H31F2N5O4. The van der Waals surface area contributed by atoms with Gasteiger partial charge in [-0.3, -0.25) is 19.0 Å². The minimum atomic E-state index is -0.776. The van der Waals surface area contributed by atoms with Gasteiger partial charge in [-0.2, -0.15) is 0 Å². The fourth-order valence-corrected chi connectivity index (χ4v) is 4.49. The van der Waals surface area contributed by atoms with Gasteiger partial charge in [0.05, 0.1) is 5.70 Å². The first kappa shape index (κ1) is 30.6. The van der Waals surface area contributed by atoms with Gasteiger partial charge in [-0.15, -0.1) is 0 Å². The van der Waals surface area contributed by atoms with E-state index >= 15 is 4.39 Å². The van der Waals surface area contributed by atoms with Crippen LogP contribution in [0.2, 0.25) is 0 Å². The number of allylic oxidation sites excluding steroid dienone is 3. The number of anilines is 1. The summed E-state index contributed by atoms with van der Waals surface area (Å²) in [5, 5.41) is 12.8. The number of ether oxygens (including phenoxy) is 1. The number of amides is 1. The molecule has 0 saturated carbocycles. The second kappa shape index (κ2) is 14.0. The van der Waals surface area contributed by atoms with E-state index in [0.717, 1.165) is 12.3 Å².